The van der Waals surface area contributed by atoms with Crippen LogP contribution in [0.2, 0.25) is 0 Å². The second kappa shape index (κ2) is 8.49. The largest absolute Gasteiger partial charge is 0.508 e. The number of phenols is 1. The molecule has 1 heterocycles. The maximum atomic E-state index is 13.1. The van der Waals surface area contributed by atoms with Crippen LogP contribution in [0, 0.1) is 0 Å². The molecule has 1 saturated heterocycles. The van der Waals surface area contributed by atoms with Crippen molar-refractivity contribution < 1.29 is 27.9 Å². The van der Waals surface area contributed by atoms with Gasteiger partial charge in [-0.1, -0.05) is 48.2 Å². The number of thiocarbonyl (C=S) groups is 1. The number of nitrogens with one attached hydrogen (secondary N) is 1. The molecule has 30 heavy (non-hydrogen) atoms. The number of aromatic hydroxyl groups is 1. The fraction of sp³-hybridized carbons (Fsp3) is 0.150. The van der Waals surface area contributed by atoms with Crippen LogP contribution in [0.4, 0.5) is 18.9 Å². The molecule has 2 aromatic carbocycles. The zero-order valence-corrected chi connectivity index (χ0v) is 17.1. The molecule has 0 aliphatic carbocycles. The molecule has 0 spiro atoms. The number of rotatable bonds is 4. The van der Waals surface area contributed by atoms with Gasteiger partial charge in [-0.3, -0.25) is 14.5 Å². The van der Waals surface area contributed by atoms with Gasteiger partial charge in [0.2, 0.25) is 5.91 Å². The SMILES string of the molecule is CC(C(=O)Nc1ccccc1C(F)(F)F)N1C(=O)/C(=C/c2cccc(O)c2)SC1=S. The lowest BCUT2D eigenvalue weighted by Gasteiger charge is -2.23. The van der Waals surface area contributed by atoms with Crippen molar-refractivity contribution in [3.8, 4) is 5.75 Å². The number of alkyl halides is 3. The highest BCUT2D eigenvalue weighted by molar-refractivity contribution is 8.26. The van der Waals surface area contributed by atoms with Gasteiger partial charge in [-0.25, -0.2) is 0 Å². The second-order valence-corrected chi connectivity index (χ2v) is 8.03. The summed E-state index contributed by atoms with van der Waals surface area (Å²) in [5.41, 5.74) is -0.825. The second-order valence-electron chi connectivity index (χ2n) is 6.36. The molecule has 0 bridgehead atoms. The van der Waals surface area contributed by atoms with E-state index in [-0.39, 0.29) is 15.0 Å². The number of amides is 2. The fourth-order valence-corrected chi connectivity index (χ4v) is 4.19. The summed E-state index contributed by atoms with van der Waals surface area (Å²) in [6.07, 6.45) is -3.12. The molecule has 0 radical (unpaired) electrons. The highest BCUT2D eigenvalue weighted by atomic mass is 32.2. The van der Waals surface area contributed by atoms with Gasteiger partial charge in [-0.15, -0.1) is 0 Å². The fourth-order valence-electron chi connectivity index (χ4n) is 2.77. The number of phenolic OH excluding ortho intramolecular Hbond substituents is 1. The van der Waals surface area contributed by atoms with Crippen molar-refractivity contribution in [2.24, 2.45) is 0 Å². The van der Waals surface area contributed by atoms with Crippen molar-refractivity contribution >= 4 is 51.9 Å². The number of thioether (sulfide) groups is 1. The number of anilines is 1. The predicted octanol–water partition coefficient (Wildman–Crippen LogP) is 4.64. The van der Waals surface area contributed by atoms with Crippen molar-refractivity contribution in [2.75, 3.05) is 5.32 Å². The summed E-state index contributed by atoms with van der Waals surface area (Å²) in [5.74, 6) is -1.32. The van der Waals surface area contributed by atoms with E-state index in [1.54, 1.807) is 12.1 Å². The molecule has 1 fully saturated rings. The van der Waals surface area contributed by atoms with E-state index in [4.69, 9.17) is 12.2 Å². The highest BCUT2D eigenvalue weighted by Crippen LogP contribution is 2.36. The van der Waals surface area contributed by atoms with Gasteiger partial charge in [-0.2, -0.15) is 13.2 Å². The summed E-state index contributed by atoms with van der Waals surface area (Å²) in [6, 6.07) is 9.67. The Hall–Kier alpha value is -2.85. The lowest BCUT2D eigenvalue weighted by molar-refractivity contribution is -0.137. The lowest BCUT2D eigenvalue weighted by Crippen LogP contribution is -2.44. The van der Waals surface area contributed by atoms with Crippen molar-refractivity contribution in [1.82, 2.24) is 4.90 Å². The van der Waals surface area contributed by atoms with E-state index in [0.29, 0.717) is 5.56 Å². The molecule has 2 aromatic rings. The van der Waals surface area contributed by atoms with Crippen LogP contribution in [0.25, 0.3) is 6.08 Å². The van der Waals surface area contributed by atoms with Crippen LogP contribution in [-0.2, 0) is 15.8 Å². The number of nitrogens with zero attached hydrogens (tertiary/aromatic N) is 1. The predicted molar refractivity (Wildman–Crippen MR) is 113 cm³/mol. The molecule has 1 atom stereocenters. The number of para-hydroxylation sites is 1. The van der Waals surface area contributed by atoms with Gasteiger partial charge in [0.25, 0.3) is 5.91 Å². The van der Waals surface area contributed by atoms with Gasteiger partial charge >= 0.3 is 6.18 Å². The van der Waals surface area contributed by atoms with E-state index in [1.165, 1.54) is 37.3 Å². The van der Waals surface area contributed by atoms with E-state index >= 15 is 0 Å². The summed E-state index contributed by atoms with van der Waals surface area (Å²) in [4.78, 5) is 26.6. The number of carbonyl (C=O) groups excluding carboxylic acids is 2. The molecule has 1 unspecified atom stereocenters. The van der Waals surface area contributed by atoms with Crippen LogP contribution in [0.5, 0.6) is 5.75 Å². The van der Waals surface area contributed by atoms with E-state index < -0.39 is 35.3 Å². The number of benzene rings is 2. The van der Waals surface area contributed by atoms with Gasteiger partial charge in [0.15, 0.2) is 0 Å². The average Bonchev–Trinajstić information content (AvgIpc) is 2.94. The zero-order valence-electron chi connectivity index (χ0n) is 15.4. The molecule has 5 nitrogen and oxygen atoms in total. The van der Waals surface area contributed by atoms with Gasteiger partial charge < -0.3 is 10.4 Å². The Balaban J connectivity index is 1.80. The van der Waals surface area contributed by atoms with E-state index in [1.807, 2.05) is 0 Å². The molecule has 1 aliphatic rings. The van der Waals surface area contributed by atoms with Crippen molar-refractivity contribution in [1.29, 1.82) is 0 Å². The third-order valence-corrected chi connectivity index (χ3v) is 5.58. The first-order chi connectivity index (χ1) is 14.1. The Labute approximate surface area is 179 Å². The minimum absolute atomic E-state index is 0.0234. The molecular formula is C20H15F3N2O3S2. The minimum atomic E-state index is -4.64. The smallest absolute Gasteiger partial charge is 0.418 e. The molecule has 0 aromatic heterocycles. The maximum absolute atomic E-state index is 13.1. The van der Waals surface area contributed by atoms with Crippen LogP contribution in [0.3, 0.4) is 0 Å². The first-order valence-corrected chi connectivity index (χ1v) is 9.83. The van der Waals surface area contributed by atoms with Crippen LogP contribution in [0.15, 0.2) is 53.4 Å². The van der Waals surface area contributed by atoms with Gasteiger partial charge in [0.05, 0.1) is 16.2 Å². The Kier molecular flexibility index (Phi) is 6.18. The monoisotopic (exact) mass is 452 g/mol. The van der Waals surface area contributed by atoms with E-state index in [9.17, 15) is 27.9 Å². The van der Waals surface area contributed by atoms with E-state index in [2.05, 4.69) is 5.32 Å². The normalized spacial score (nSPS) is 16.8. The van der Waals surface area contributed by atoms with Gasteiger partial charge in [0, 0.05) is 0 Å². The third kappa shape index (κ3) is 4.65. The van der Waals surface area contributed by atoms with Crippen LogP contribution in [0.1, 0.15) is 18.1 Å². The highest BCUT2D eigenvalue weighted by Gasteiger charge is 2.39. The summed E-state index contributed by atoms with van der Waals surface area (Å²) < 4.78 is 39.5. The Bertz CT molecular complexity index is 1050. The molecule has 156 valence electrons. The Morgan fingerprint density at radius 1 is 1.23 bits per heavy atom. The molecule has 2 amide bonds. The first kappa shape index (κ1) is 21.8. The lowest BCUT2D eigenvalue weighted by atomic mass is 10.1. The number of halogens is 3. The molecule has 10 heteroatoms. The van der Waals surface area contributed by atoms with Crippen LogP contribution >= 0.6 is 24.0 Å². The van der Waals surface area contributed by atoms with Crippen LogP contribution < -0.4 is 5.32 Å². The zero-order chi connectivity index (χ0) is 22.1. The average molecular weight is 452 g/mol. The summed E-state index contributed by atoms with van der Waals surface area (Å²) in [7, 11) is 0. The molecule has 1 aliphatic heterocycles. The summed E-state index contributed by atoms with van der Waals surface area (Å²) in [5, 5.41) is 11.8. The summed E-state index contributed by atoms with van der Waals surface area (Å²) >= 11 is 6.17. The summed E-state index contributed by atoms with van der Waals surface area (Å²) in [6.45, 7) is 1.38. The van der Waals surface area contributed by atoms with Crippen molar-refractivity contribution in [2.45, 2.75) is 19.1 Å². The number of carbonyl (C=O) groups is 2. The third-order valence-electron chi connectivity index (χ3n) is 4.25. The van der Waals surface area contributed by atoms with E-state index in [0.717, 1.165) is 28.8 Å². The number of hydrogen-bond acceptors (Lipinski definition) is 5. The molecule has 0 saturated carbocycles. The minimum Gasteiger partial charge on any atom is -0.508 e. The number of hydrogen-bond donors (Lipinski definition) is 2. The Morgan fingerprint density at radius 2 is 1.93 bits per heavy atom. The first-order valence-electron chi connectivity index (χ1n) is 8.61. The molecule has 3 rings (SSSR count). The van der Waals surface area contributed by atoms with Crippen molar-refractivity contribution in [3.05, 3.63) is 64.6 Å². The topological polar surface area (TPSA) is 69.6 Å². The van der Waals surface area contributed by atoms with Gasteiger partial charge in [0.1, 0.15) is 16.1 Å². The maximum Gasteiger partial charge on any atom is 0.418 e. The standard InChI is InChI=1S/C20H15F3N2O3S2/c1-11(17(27)24-15-8-3-2-7-14(15)20(21,22)23)25-18(28)16(30-19(25)29)10-12-5-4-6-13(26)9-12/h2-11,26H,1H3,(H,24,27)/b16-10-. The van der Waals surface area contributed by atoms with Crippen molar-refractivity contribution in [3.63, 3.8) is 0 Å². The molecule has 2 N–H and O–H groups in total. The van der Waals surface area contributed by atoms with Crippen LogP contribution in [-0.4, -0.2) is 32.2 Å². The Morgan fingerprint density at radius 3 is 2.60 bits per heavy atom. The molecular weight excluding hydrogens is 437 g/mol. The van der Waals surface area contributed by atoms with Gasteiger partial charge in [-0.05, 0) is 42.8 Å². The quantitative estimate of drug-likeness (QED) is 0.523.